The summed E-state index contributed by atoms with van der Waals surface area (Å²) in [5, 5.41) is 0. The number of benzene rings is 3. The topological polar surface area (TPSA) is 110 Å². The minimum absolute atomic E-state index is 0.0939. The second kappa shape index (κ2) is 10.1. The van der Waals surface area contributed by atoms with Crippen molar-refractivity contribution >= 4 is 33.5 Å². The van der Waals surface area contributed by atoms with E-state index in [1.54, 1.807) is 24.3 Å². The first-order valence-electron chi connectivity index (χ1n) is 10.8. The molecule has 3 aromatic carbocycles. The fourth-order valence-electron chi connectivity index (χ4n) is 3.56. The second-order valence-electron chi connectivity index (χ2n) is 7.79. The molecule has 0 radical (unpaired) electrons. The average molecular weight is 497 g/mol. The molecule has 0 saturated carbocycles. The number of carbonyl (C=O) groups is 3. The van der Waals surface area contributed by atoms with Gasteiger partial charge in [-0.1, -0.05) is 12.1 Å². The lowest BCUT2D eigenvalue weighted by atomic mass is 10.1. The number of imide groups is 1. The first-order chi connectivity index (χ1) is 16.8. The van der Waals surface area contributed by atoms with Crippen LogP contribution in [-0.4, -0.2) is 44.3 Å². The highest BCUT2D eigenvalue weighted by atomic mass is 32.2. The highest BCUT2D eigenvalue weighted by Crippen LogP contribution is 2.23. The van der Waals surface area contributed by atoms with Gasteiger partial charge in [0.2, 0.25) is 0 Å². The molecule has 0 aromatic heterocycles. The number of sulfonamides is 1. The Kier molecular flexibility index (Phi) is 6.92. The zero-order valence-corrected chi connectivity index (χ0v) is 19.3. The van der Waals surface area contributed by atoms with Crippen LogP contribution in [0.25, 0.3) is 0 Å². The number of nitrogens with one attached hydrogen (secondary N) is 1. The van der Waals surface area contributed by atoms with Crippen LogP contribution in [-0.2, 0) is 14.8 Å². The zero-order valence-electron chi connectivity index (χ0n) is 18.4. The van der Waals surface area contributed by atoms with Crippen LogP contribution in [0.3, 0.4) is 0 Å². The van der Waals surface area contributed by atoms with Gasteiger partial charge in [0, 0.05) is 12.2 Å². The molecule has 8 nitrogen and oxygen atoms in total. The number of esters is 1. The van der Waals surface area contributed by atoms with Crippen molar-refractivity contribution in [3.63, 3.8) is 0 Å². The van der Waals surface area contributed by atoms with Crippen molar-refractivity contribution in [2.75, 3.05) is 17.9 Å². The van der Waals surface area contributed by atoms with Gasteiger partial charge in [0.15, 0.2) is 0 Å². The molecule has 1 aliphatic rings. The van der Waals surface area contributed by atoms with E-state index >= 15 is 0 Å². The van der Waals surface area contributed by atoms with Crippen LogP contribution in [0, 0.1) is 5.82 Å². The smallest absolute Gasteiger partial charge is 0.338 e. The third-order valence-corrected chi connectivity index (χ3v) is 6.78. The highest BCUT2D eigenvalue weighted by Gasteiger charge is 2.34. The monoisotopic (exact) mass is 496 g/mol. The molecule has 0 atom stereocenters. The first-order valence-corrected chi connectivity index (χ1v) is 12.3. The predicted molar refractivity (Wildman–Crippen MR) is 125 cm³/mol. The van der Waals surface area contributed by atoms with Gasteiger partial charge >= 0.3 is 5.97 Å². The number of rotatable bonds is 9. The van der Waals surface area contributed by atoms with Crippen molar-refractivity contribution in [3.05, 3.63) is 95.3 Å². The summed E-state index contributed by atoms with van der Waals surface area (Å²) in [5.74, 6) is -1.77. The van der Waals surface area contributed by atoms with Gasteiger partial charge in [0.1, 0.15) is 5.82 Å². The molecule has 10 heteroatoms. The van der Waals surface area contributed by atoms with Crippen molar-refractivity contribution in [2.24, 2.45) is 0 Å². The molecule has 1 aliphatic heterocycles. The van der Waals surface area contributed by atoms with Gasteiger partial charge < -0.3 is 4.74 Å². The number of anilines is 1. The zero-order chi connectivity index (χ0) is 25.0. The molecular weight excluding hydrogens is 475 g/mol. The van der Waals surface area contributed by atoms with E-state index in [1.165, 1.54) is 29.2 Å². The van der Waals surface area contributed by atoms with Crippen LogP contribution in [0.15, 0.2) is 77.7 Å². The molecule has 0 saturated heterocycles. The molecule has 4 rings (SSSR count). The summed E-state index contributed by atoms with van der Waals surface area (Å²) >= 11 is 0. The Morgan fingerprint density at radius 3 is 2.06 bits per heavy atom. The first kappa shape index (κ1) is 24.1. The van der Waals surface area contributed by atoms with Crippen LogP contribution >= 0.6 is 0 Å². The van der Waals surface area contributed by atoms with Crippen LogP contribution in [0.5, 0.6) is 0 Å². The number of hydrogen-bond acceptors (Lipinski definition) is 6. The van der Waals surface area contributed by atoms with Gasteiger partial charge in [-0.3, -0.25) is 19.2 Å². The van der Waals surface area contributed by atoms with E-state index < -0.39 is 21.8 Å². The van der Waals surface area contributed by atoms with Crippen LogP contribution in [0.2, 0.25) is 0 Å². The Morgan fingerprint density at radius 2 is 1.46 bits per heavy atom. The van der Waals surface area contributed by atoms with Crippen LogP contribution in [0.1, 0.15) is 43.9 Å². The summed E-state index contributed by atoms with van der Waals surface area (Å²) in [6, 6.07) is 16.7. The van der Waals surface area contributed by atoms with Gasteiger partial charge in [-0.15, -0.1) is 0 Å². The molecule has 1 heterocycles. The molecule has 0 spiro atoms. The molecule has 3 aromatic rings. The van der Waals surface area contributed by atoms with Gasteiger partial charge in [-0.05, 0) is 73.5 Å². The number of unbranched alkanes of at least 4 members (excludes halogenated alkanes) is 1. The Bertz CT molecular complexity index is 1340. The summed E-state index contributed by atoms with van der Waals surface area (Å²) in [4.78, 5) is 38.0. The fourth-order valence-corrected chi connectivity index (χ4v) is 4.62. The van der Waals surface area contributed by atoms with Crippen LogP contribution in [0.4, 0.5) is 10.1 Å². The molecule has 0 bridgehead atoms. The summed E-state index contributed by atoms with van der Waals surface area (Å²) in [7, 11) is -3.90. The van der Waals surface area contributed by atoms with Gasteiger partial charge in [0.25, 0.3) is 21.8 Å². The average Bonchev–Trinajstić information content (AvgIpc) is 3.09. The lowest BCUT2D eigenvalue weighted by molar-refractivity contribution is 0.0485. The minimum atomic E-state index is -3.90. The number of nitrogens with zero attached hydrogens (tertiary/aromatic N) is 1. The maximum Gasteiger partial charge on any atom is 0.338 e. The third-order valence-electron chi connectivity index (χ3n) is 5.38. The maximum atomic E-state index is 13.0. The summed E-state index contributed by atoms with van der Waals surface area (Å²) < 4.78 is 45.3. The lowest BCUT2D eigenvalue weighted by Gasteiger charge is -2.13. The van der Waals surface area contributed by atoms with Crippen molar-refractivity contribution in [1.29, 1.82) is 0 Å². The van der Waals surface area contributed by atoms with E-state index in [9.17, 15) is 27.2 Å². The molecule has 2 amide bonds. The maximum absolute atomic E-state index is 13.0. The normalized spacial score (nSPS) is 13.0. The predicted octanol–water partition coefficient (Wildman–Crippen LogP) is 3.86. The van der Waals surface area contributed by atoms with E-state index in [4.69, 9.17) is 4.74 Å². The Balaban J connectivity index is 1.23. The largest absolute Gasteiger partial charge is 0.462 e. The molecule has 0 fully saturated rings. The SMILES string of the molecule is O=C(OCCCCN1C(=O)c2ccccc2C1=O)c1ccc(NS(=O)(=O)c2ccc(F)cc2)cc1. The number of fused-ring (bicyclic) bond motifs is 1. The number of carbonyl (C=O) groups excluding carboxylic acids is 3. The van der Waals surface area contributed by atoms with Crippen molar-refractivity contribution in [2.45, 2.75) is 17.7 Å². The fraction of sp³-hybridized carbons (Fsp3) is 0.160. The van der Waals surface area contributed by atoms with Crippen LogP contribution < -0.4 is 4.72 Å². The van der Waals surface area contributed by atoms with Gasteiger partial charge in [-0.2, -0.15) is 0 Å². The molecule has 0 aliphatic carbocycles. The van der Waals surface area contributed by atoms with E-state index in [2.05, 4.69) is 4.72 Å². The quantitative estimate of drug-likeness (QED) is 0.274. The molecule has 180 valence electrons. The van der Waals surface area contributed by atoms with Gasteiger partial charge in [-0.25, -0.2) is 17.6 Å². The Hall–Kier alpha value is -4.05. The Morgan fingerprint density at radius 1 is 0.857 bits per heavy atom. The number of hydrogen-bond donors (Lipinski definition) is 1. The minimum Gasteiger partial charge on any atom is -0.462 e. The highest BCUT2D eigenvalue weighted by molar-refractivity contribution is 7.92. The molecule has 1 N–H and O–H groups in total. The van der Waals surface area contributed by atoms with Crippen molar-refractivity contribution in [3.8, 4) is 0 Å². The van der Waals surface area contributed by atoms with E-state index in [0.717, 1.165) is 24.3 Å². The van der Waals surface area contributed by atoms with E-state index in [-0.39, 0.29) is 41.1 Å². The van der Waals surface area contributed by atoms with Crippen molar-refractivity contribution in [1.82, 2.24) is 4.90 Å². The summed E-state index contributed by atoms with van der Waals surface area (Å²) in [6.45, 7) is 0.327. The number of ether oxygens (including phenoxy) is 1. The van der Waals surface area contributed by atoms with Gasteiger partial charge in [0.05, 0.1) is 28.2 Å². The summed E-state index contributed by atoms with van der Waals surface area (Å²) in [6.07, 6.45) is 0.928. The van der Waals surface area contributed by atoms with E-state index in [0.29, 0.717) is 24.0 Å². The standard InChI is InChI=1S/C25H21FN2O6S/c26-18-9-13-20(14-10-18)35(32,33)27-19-11-7-17(8-12-19)25(31)34-16-4-3-15-28-23(29)21-5-1-2-6-22(21)24(28)30/h1-2,5-14,27H,3-4,15-16H2. The number of amides is 2. The lowest BCUT2D eigenvalue weighted by Crippen LogP contribution is -2.30. The molecular formula is C25H21FN2O6S. The van der Waals surface area contributed by atoms with Crippen molar-refractivity contribution < 1.29 is 31.9 Å². The molecule has 35 heavy (non-hydrogen) atoms. The second-order valence-corrected chi connectivity index (χ2v) is 9.47. The third kappa shape index (κ3) is 5.38. The number of halogens is 1. The Labute approximate surface area is 201 Å². The van der Waals surface area contributed by atoms with E-state index in [1.807, 2.05) is 0 Å². The molecule has 0 unspecified atom stereocenters. The summed E-state index contributed by atoms with van der Waals surface area (Å²) in [5.41, 5.74) is 1.25.